The highest BCUT2D eigenvalue weighted by Crippen LogP contribution is 2.44. The van der Waals surface area contributed by atoms with E-state index in [1.54, 1.807) is 20.8 Å². The van der Waals surface area contributed by atoms with E-state index in [1.165, 1.54) is 12.1 Å². The number of rotatable bonds is 6. The van der Waals surface area contributed by atoms with Crippen LogP contribution in [0.25, 0.3) is 0 Å². The summed E-state index contributed by atoms with van der Waals surface area (Å²) in [5.41, 5.74) is -3.46. The lowest BCUT2D eigenvalue weighted by Gasteiger charge is -2.31. The lowest BCUT2D eigenvalue weighted by molar-refractivity contribution is -0.264. The third-order valence-corrected chi connectivity index (χ3v) is 6.24. The lowest BCUT2D eigenvalue weighted by atomic mass is 9.86. The number of amides is 2. The third kappa shape index (κ3) is 7.11. The topological polar surface area (TPSA) is 95.9 Å². The summed E-state index contributed by atoms with van der Waals surface area (Å²) in [5, 5.41) is 11.0. The van der Waals surface area contributed by atoms with Crippen molar-refractivity contribution in [3.05, 3.63) is 62.6 Å². The van der Waals surface area contributed by atoms with Crippen molar-refractivity contribution in [2.45, 2.75) is 57.4 Å². The number of ketones is 1. The van der Waals surface area contributed by atoms with E-state index < -0.39 is 47.1 Å². The molecule has 0 aliphatic heterocycles. The lowest BCUT2D eigenvalue weighted by Crippen LogP contribution is -2.49. The number of halogens is 6. The van der Waals surface area contributed by atoms with Crippen LogP contribution in [-0.2, 0) is 15.1 Å². The first-order valence-electron chi connectivity index (χ1n) is 11.3. The molecular weight excluding hydrogens is 572 g/mol. The van der Waals surface area contributed by atoms with Gasteiger partial charge in [-0.3, -0.25) is 15.0 Å². The molecule has 1 fully saturated rings. The van der Waals surface area contributed by atoms with Gasteiger partial charge in [-0.2, -0.15) is 18.2 Å². The molecule has 1 atom stereocenters. The van der Waals surface area contributed by atoms with Crippen LogP contribution < -0.4 is 10.4 Å². The van der Waals surface area contributed by atoms with Crippen LogP contribution in [0.5, 0.6) is 0 Å². The van der Waals surface area contributed by atoms with Crippen LogP contribution in [0.3, 0.4) is 0 Å². The first-order chi connectivity index (χ1) is 17.4. The molecule has 1 aliphatic rings. The Morgan fingerprint density at radius 3 is 2.11 bits per heavy atom. The number of anilines is 1. The maximum atomic E-state index is 14.1. The molecule has 0 bridgehead atoms. The van der Waals surface area contributed by atoms with Crippen LogP contribution in [0.15, 0.2) is 36.4 Å². The molecule has 1 aliphatic carbocycles. The summed E-state index contributed by atoms with van der Waals surface area (Å²) >= 11 is 17.9. The Bertz CT molecular complexity index is 1240. The zero-order chi connectivity index (χ0) is 28.6. The van der Waals surface area contributed by atoms with E-state index >= 15 is 0 Å². The maximum absolute atomic E-state index is 14.1. The van der Waals surface area contributed by atoms with Crippen molar-refractivity contribution in [3.63, 3.8) is 0 Å². The number of nitrogens with one attached hydrogen (secondary N) is 1. The number of ether oxygens (including phenoxy) is 1. The molecule has 0 radical (unpaired) electrons. The largest absolute Gasteiger partial charge is 0.442 e. The van der Waals surface area contributed by atoms with E-state index in [-0.39, 0.29) is 32.2 Å². The molecule has 0 spiro atoms. The summed E-state index contributed by atoms with van der Waals surface area (Å²) in [5.74, 6) is -1.96. The van der Waals surface area contributed by atoms with Crippen molar-refractivity contribution in [3.8, 4) is 0 Å². The summed E-state index contributed by atoms with van der Waals surface area (Å²) in [4.78, 5) is 38.4. The molecule has 0 aromatic heterocycles. The summed E-state index contributed by atoms with van der Waals surface area (Å²) in [6.07, 6.45) is -6.52. The quantitative estimate of drug-likeness (QED) is 0.281. The van der Waals surface area contributed by atoms with Crippen LogP contribution in [0, 0.1) is 5.92 Å². The van der Waals surface area contributed by atoms with Gasteiger partial charge in [0.2, 0.25) is 5.91 Å². The minimum Gasteiger partial charge on any atom is -0.442 e. The molecule has 206 valence electrons. The summed E-state index contributed by atoms with van der Waals surface area (Å²) in [6.45, 7) is 4.77. The Hall–Kier alpha value is -2.53. The first-order valence-corrected chi connectivity index (χ1v) is 12.5. The van der Waals surface area contributed by atoms with Crippen molar-refractivity contribution in [1.82, 2.24) is 5.43 Å². The summed E-state index contributed by atoms with van der Waals surface area (Å²) < 4.78 is 47.5. The zero-order valence-corrected chi connectivity index (χ0v) is 22.7. The highest BCUT2D eigenvalue weighted by molar-refractivity contribution is 6.35. The van der Waals surface area contributed by atoms with Gasteiger partial charge in [-0.15, -0.1) is 0 Å². The molecule has 13 heteroatoms. The van der Waals surface area contributed by atoms with Crippen LogP contribution in [0.4, 0.5) is 23.7 Å². The Morgan fingerprint density at radius 2 is 1.61 bits per heavy atom. The molecule has 2 amide bonds. The van der Waals surface area contributed by atoms with Gasteiger partial charge in [0.25, 0.3) is 0 Å². The monoisotopic (exact) mass is 594 g/mol. The van der Waals surface area contributed by atoms with Gasteiger partial charge in [0.15, 0.2) is 11.4 Å². The van der Waals surface area contributed by atoms with Gasteiger partial charge < -0.3 is 9.84 Å². The predicted molar refractivity (Wildman–Crippen MR) is 136 cm³/mol. The first kappa shape index (κ1) is 30.0. The molecule has 1 unspecified atom stereocenters. The van der Waals surface area contributed by atoms with E-state index in [2.05, 4.69) is 5.43 Å². The van der Waals surface area contributed by atoms with Crippen molar-refractivity contribution >= 4 is 58.3 Å². The standard InChI is InChI=1S/C25H24Cl3F3N2O5/c1-23(2,3)38-22(36)33(32-21(35)13-4-5-13)19-8-14(6-7-18(19)28)20(34)12-24(37,25(29,30)31)15-9-16(26)11-17(27)10-15/h6-11,13,37H,4-5,12H2,1-3H3,(H,32,35). The fraction of sp³-hybridized carbons (Fsp3) is 0.400. The second-order valence-electron chi connectivity index (χ2n) is 9.85. The van der Waals surface area contributed by atoms with E-state index in [0.717, 1.165) is 24.3 Å². The molecule has 2 aromatic rings. The Kier molecular flexibility index (Phi) is 8.62. The molecule has 1 saturated carbocycles. The fourth-order valence-electron chi connectivity index (χ4n) is 3.41. The average Bonchev–Trinajstić information content (AvgIpc) is 3.60. The third-order valence-electron chi connectivity index (χ3n) is 5.48. The van der Waals surface area contributed by atoms with Gasteiger partial charge >= 0.3 is 12.3 Å². The highest BCUT2D eigenvalue weighted by atomic mass is 35.5. The van der Waals surface area contributed by atoms with Crippen LogP contribution in [0.2, 0.25) is 15.1 Å². The Morgan fingerprint density at radius 1 is 1.03 bits per heavy atom. The molecular formula is C25H24Cl3F3N2O5. The van der Waals surface area contributed by atoms with Crippen LogP contribution in [0.1, 0.15) is 56.0 Å². The number of carbonyl (C=O) groups excluding carboxylic acids is 3. The SMILES string of the molecule is CC(C)(C)OC(=O)N(NC(=O)C1CC1)c1cc(C(=O)CC(O)(c2cc(Cl)cc(Cl)c2)C(F)(F)F)ccc1Cl. The van der Waals surface area contributed by atoms with Gasteiger partial charge in [0.05, 0.1) is 17.1 Å². The summed E-state index contributed by atoms with van der Waals surface area (Å²) in [7, 11) is 0. The zero-order valence-electron chi connectivity index (χ0n) is 20.5. The summed E-state index contributed by atoms with van der Waals surface area (Å²) in [6, 6.07) is 6.24. The number of aliphatic hydroxyl groups is 1. The van der Waals surface area contributed by atoms with E-state index in [1.807, 2.05) is 0 Å². The number of nitrogens with zero attached hydrogens (tertiary/aromatic N) is 1. The number of carbonyl (C=O) groups is 3. The molecule has 3 rings (SSSR count). The Balaban J connectivity index is 2.00. The Labute approximate surface area is 231 Å². The predicted octanol–water partition coefficient (Wildman–Crippen LogP) is 6.85. The molecule has 2 N–H and O–H groups in total. The molecule has 38 heavy (non-hydrogen) atoms. The second kappa shape index (κ2) is 10.9. The molecule has 2 aromatic carbocycles. The number of alkyl halides is 3. The second-order valence-corrected chi connectivity index (χ2v) is 11.1. The van der Waals surface area contributed by atoms with Crippen LogP contribution >= 0.6 is 34.8 Å². The molecule has 0 saturated heterocycles. The molecule has 0 heterocycles. The van der Waals surface area contributed by atoms with Crippen molar-refractivity contribution < 1.29 is 37.4 Å². The number of hydrazine groups is 1. The van der Waals surface area contributed by atoms with E-state index in [9.17, 15) is 32.7 Å². The van der Waals surface area contributed by atoms with Crippen LogP contribution in [-0.4, -0.2) is 34.7 Å². The van der Waals surface area contributed by atoms with Gasteiger partial charge in [-0.05, 0) is 75.6 Å². The normalized spacial score (nSPS) is 15.4. The minimum absolute atomic E-state index is 0.101. The highest BCUT2D eigenvalue weighted by Gasteiger charge is 2.56. The van der Waals surface area contributed by atoms with E-state index in [4.69, 9.17) is 39.5 Å². The van der Waals surface area contributed by atoms with Crippen molar-refractivity contribution in [2.75, 3.05) is 5.01 Å². The van der Waals surface area contributed by atoms with Crippen molar-refractivity contribution in [1.29, 1.82) is 0 Å². The smallest absolute Gasteiger partial charge is 0.434 e. The van der Waals surface area contributed by atoms with Gasteiger partial charge in [-0.25, -0.2) is 4.79 Å². The fourth-order valence-corrected chi connectivity index (χ4v) is 4.14. The van der Waals surface area contributed by atoms with E-state index in [0.29, 0.717) is 17.9 Å². The van der Waals surface area contributed by atoms with Crippen molar-refractivity contribution in [2.24, 2.45) is 5.92 Å². The number of benzene rings is 2. The number of Topliss-reactive ketones (excluding diaryl/α,β-unsaturated/α-hetero) is 1. The van der Waals surface area contributed by atoms with Gasteiger partial charge in [0.1, 0.15) is 5.60 Å². The number of hydrogen-bond donors (Lipinski definition) is 2. The number of hydrogen-bond acceptors (Lipinski definition) is 5. The maximum Gasteiger partial charge on any atom is 0.434 e. The van der Waals surface area contributed by atoms with Gasteiger partial charge in [0, 0.05) is 21.5 Å². The van der Waals surface area contributed by atoms with Gasteiger partial charge in [-0.1, -0.05) is 34.8 Å². The molecule has 7 nitrogen and oxygen atoms in total. The minimum atomic E-state index is -5.29. The average molecular weight is 596 g/mol.